The Bertz CT molecular complexity index is 697. The second-order valence-corrected chi connectivity index (χ2v) is 6.80. The second-order valence-electron chi connectivity index (χ2n) is 5.15. The molecule has 2 aromatic rings. The summed E-state index contributed by atoms with van der Waals surface area (Å²) in [7, 11) is 0. The van der Waals surface area contributed by atoms with Crippen molar-refractivity contribution in [3.63, 3.8) is 0 Å². The average molecular weight is 342 g/mol. The van der Waals surface area contributed by atoms with Crippen LogP contribution in [0.4, 0.5) is 0 Å². The first-order valence-electron chi connectivity index (χ1n) is 6.57. The number of pyridine rings is 1. The number of aromatic nitrogens is 2. The number of carbonyl (C=O) groups is 1. The Morgan fingerprint density at radius 3 is 2.67 bits per heavy atom. The molecule has 0 aromatic carbocycles. The predicted octanol–water partition coefficient (Wildman–Crippen LogP) is 3.96. The summed E-state index contributed by atoms with van der Waals surface area (Å²) in [6.07, 6.45) is 2.82. The molecule has 0 unspecified atom stereocenters. The van der Waals surface area contributed by atoms with Crippen molar-refractivity contribution in [1.82, 2.24) is 15.3 Å². The zero-order chi connectivity index (χ0) is 15.0. The fourth-order valence-electron chi connectivity index (χ4n) is 2.35. The second kappa shape index (κ2) is 5.55. The summed E-state index contributed by atoms with van der Waals surface area (Å²) >= 11 is 13.4. The first kappa shape index (κ1) is 14.8. The molecule has 1 amide bonds. The highest BCUT2D eigenvalue weighted by Gasteiger charge is 2.43. The molecule has 0 spiro atoms. The summed E-state index contributed by atoms with van der Waals surface area (Å²) in [4.78, 5) is 21.0. The molecular weight excluding hydrogens is 329 g/mol. The van der Waals surface area contributed by atoms with Crippen molar-refractivity contribution in [3.05, 3.63) is 44.1 Å². The largest absolute Gasteiger partial charge is 0.339 e. The molecule has 1 aliphatic carbocycles. The van der Waals surface area contributed by atoms with Gasteiger partial charge in [-0.1, -0.05) is 23.2 Å². The van der Waals surface area contributed by atoms with E-state index >= 15 is 0 Å². The van der Waals surface area contributed by atoms with Gasteiger partial charge in [0.1, 0.15) is 15.9 Å². The highest BCUT2D eigenvalue weighted by atomic mass is 35.5. The molecule has 21 heavy (non-hydrogen) atoms. The Morgan fingerprint density at radius 1 is 1.33 bits per heavy atom. The van der Waals surface area contributed by atoms with Gasteiger partial charge in [-0.2, -0.15) is 0 Å². The van der Waals surface area contributed by atoms with Crippen LogP contribution in [0.15, 0.2) is 17.5 Å². The Labute approximate surface area is 136 Å². The van der Waals surface area contributed by atoms with Gasteiger partial charge in [-0.3, -0.25) is 4.79 Å². The molecule has 7 heteroatoms. The van der Waals surface area contributed by atoms with E-state index in [1.54, 1.807) is 23.5 Å². The van der Waals surface area contributed by atoms with Crippen LogP contribution in [0.5, 0.6) is 0 Å². The van der Waals surface area contributed by atoms with Crippen LogP contribution in [0.25, 0.3) is 0 Å². The van der Waals surface area contributed by atoms with Crippen molar-refractivity contribution >= 4 is 40.4 Å². The van der Waals surface area contributed by atoms with E-state index in [9.17, 15) is 4.79 Å². The van der Waals surface area contributed by atoms with Crippen molar-refractivity contribution < 1.29 is 4.79 Å². The van der Waals surface area contributed by atoms with Crippen molar-refractivity contribution in [2.75, 3.05) is 0 Å². The van der Waals surface area contributed by atoms with Gasteiger partial charge in [0.15, 0.2) is 0 Å². The van der Waals surface area contributed by atoms with Gasteiger partial charge in [-0.25, -0.2) is 9.97 Å². The SMILES string of the molecule is Cc1csc(C2(NC(=O)c3nc(Cl)ccc3Cl)CCC2)n1. The minimum absolute atomic E-state index is 0.156. The number of carbonyl (C=O) groups excluding carboxylic acids is 1. The van der Waals surface area contributed by atoms with E-state index in [0.717, 1.165) is 30.0 Å². The van der Waals surface area contributed by atoms with Crippen LogP contribution < -0.4 is 5.32 Å². The number of nitrogens with zero attached hydrogens (tertiary/aromatic N) is 2. The van der Waals surface area contributed by atoms with Crippen LogP contribution in [-0.2, 0) is 5.54 Å². The zero-order valence-electron chi connectivity index (χ0n) is 11.3. The number of thiazole rings is 1. The predicted molar refractivity (Wildman–Crippen MR) is 84.1 cm³/mol. The average Bonchev–Trinajstić information content (AvgIpc) is 2.83. The maximum Gasteiger partial charge on any atom is 0.272 e. The molecule has 0 aliphatic heterocycles. The minimum Gasteiger partial charge on any atom is -0.339 e. The van der Waals surface area contributed by atoms with Crippen LogP contribution in [0.2, 0.25) is 10.2 Å². The minimum atomic E-state index is -0.386. The summed E-state index contributed by atoms with van der Waals surface area (Å²) in [5, 5.41) is 6.52. The van der Waals surface area contributed by atoms with Crippen molar-refractivity contribution in [2.24, 2.45) is 0 Å². The lowest BCUT2D eigenvalue weighted by Gasteiger charge is -2.40. The van der Waals surface area contributed by atoms with Crippen LogP contribution in [-0.4, -0.2) is 15.9 Å². The number of hydrogen-bond donors (Lipinski definition) is 1. The Kier molecular flexibility index (Phi) is 3.90. The summed E-state index contributed by atoms with van der Waals surface area (Å²) < 4.78 is 0. The highest BCUT2D eigenvalue weighted by Crippen LogP contribution is 2.42. The van der Waals surface area contributed by atoms with Gasteiger partial charge in [-0.05, 0) is 38.3 Å². The molecule has 1 saturated carbocycles. The van der Waals surface area contributed by atoms with Gasteiger partial charge < -0.3 is 5.32 Å². The standard InChI is InChI=1S/C14H13Cl2N3OS/c1-8-7-21-13(17-8)14(5-2-6-14)19-12(20)11-9(15)3-4-10(16)18-11/h3-4,7H,2,5-6H2,1H3,(H,19,20). The number of halogens is 2. The molecular formula is C14H13Cl2N3OS. The highest BCUT2D eigenvalue weighted by molar-refractivity contribution is 7.09. The Balaban J connectivity index is 1.87. The van der Waals surface area contributed by atoms with Crippen molar-refractivity contribution in [1.29, 1.82) is 0 Å². The van der Waals surface area contributed by atoms with E-state index < -0.39 is 0 Å². The smallest absolute Gasteiger partial charge is 0.272 e. The number of rotatable bonds is 3. The number of nitrogens with one attached hydrogen (secondary N) is 1. The molecule has 1 N–H and O–H groups in total. The van der Waals surface area contributed by atoms with E-state index in [4.69, 9.17) is 23.2 Å². The van der Waals surface area contributed by atoms with E-state index in [0.29, 0.717) is 5.02 Å². The summed E-state index contributed by atoms with van der Waals surface area (Å²) in [5.41, 5.74) is 0.738. The van der Waals surface area contributed by atoms with Crippen molar-refractivity contribution in [3.8, 4) is 0 Å². The topological polar surface area (TPSA) is 54.9 Å². The van der Waals surface area contributed by atoms with Crippen LogP contribution in [0, 0.1) is 6.92 Å². The van der Waals surface area contributed by atoms with Gasteiger partial charge in [0, 0.05) is 11.1 Å². The quantitative estimate of drug-likeness (QED) is 0.859. The number of aryl methyl sites for hydroxylation is 1. The molecule has 0 bridgehead atoms. The molecule has 2 heterocycles. The van der Waals surface area contributed by atoms with E-state index in [2.05, 4.69) is 15.3 Å². The fraction of sp³-hybridized carbons (Fsp3) is 0.357. The van der Waals surface area contributed by atoms with Gasteiger partial charge in [0.05, 0.1) is 10.6 Å². The lowest BCUT2D eigenvalue weighted by molar-refractivity contribution is 0.0817. The molecule has 3 rings (SSSR count). The van der Waals surface area contributed by atoms with Crippen LogP contribution in [0.3, 0.4) is 0 Å². The number of amides is 1. The van der Waals surface area contributed by atoms with E-state index in [-0.39, 0.29) is 22.3 Å². The third-order valence-electron chi connectivity index (χ3n) is 3.62. The lowest BCUT2D eigenvalue weighted by Crippen LogP contribution is -2.51. The lowest BCUT2D eigenvalue weighted by atomic mass is 9.77. The molecule has 2 aromatic heterocycles. The molecule has 4 nitrogen and oxygen atoms in total. The first-order chi connectivity index (χ1) is 10.00. The maximum atomic E-state index is 12.5. The van der Waals surface area contributed by atoms with Crippen LogP contribution >= 0.6 is 34.5 Å². The van der Waals surface area contributed by atoms with Crippen molar-refractivity contribution in [2.45, 2.75) is 31.7 Å². The summed E-state index contributed by atoms with van der Waals surface area (Å²) in [6, 6.07) is 3.14. The number of hydrogen-bond acceptors (Lipinski definition) is 4. The normalized spacial score (nSPS) is 16.3. The monoisotopic (exact) mass is 341 g/mol. The summed E-state index contributed by atoms with van der Waals surface area (Å²) in [6.45, 7) is 1.95. The van der Waals surface area contributed by atoms with E-state index in [1.165, 1.54) is 0 Å². The van der Waals surface area contributed by atoms with E-state index in [1.807, 2.05) is 12.3 Å². The zero-order valence-corrected chi connectivity index (χ0v) is 13.6. The Morgan fingerprint density at radius 2 is 2.10 bits per heavy atom. The van der Waals surface area contributed by atoms with Gasteiger partial charge in [0.25, 0.3) is 5.91 Å². The third kappa shape index (κ3) is 2.78. The molecule has 0 radical (unpaired) electrons. The Hall–Kier alpha value is -1.17. The van der Waals surface area contributed by atoms with Gasteiger partial charge in [0.2, 0.25) is 0 Å². The maximum absolute atomic E-state index is 12.5. The van der Waals surface area contributed by atoms with Crippen LogP contribution in [0.1, 0.15) is 40.5 Å². The molecule has 110 valence electrons. The fourth-order valence-corrected chi connectivity index (χ4v) is 3.70. The molecule has 0 atom stereocenters. The molecule has 1 aliphatic rings. The van der Waals surface area contributed by atoms with Gasteiger partial charge >= 0.3 is 0 Å². The molecule has 1 fully saturated rings. The first-order valence-corrected chi connectivity index (χ1v) is 8.21. The van der Waals surface area contributed by atoms with Gasteiger partial charge in [-0.15, -0.1) is 11.3 Å². The molecule has 0 saturated heterocycles. The summed E-state index contributed by atoms with van der Waals surface area (Å²) in [5.74, 6) is -0.310. The third-order valence-corrected chi connectivity index (χ3v) is 5.30.